The van der Waals surface area contributed by atoms with Crippen LogP contribution < -0.4 is 5.32 Å². The summed E-state index contributed by atoms with van der Waals surface area (Å²) in [5.74, 6) is -0.823. The normalized spacial score (nSPS) is 14.5. The molecule has 0 unspecified atom stereocenters. The largest absolute Gasteiger partial charge is 0.481 e. The lowest BCUT2D eigenvalue weighted by molar-refractivity contribution is -0.137. The number of nitrogens with zero attached hydrogens (tertiary/aromatic N) is 2. The fourth-order valence-corrected chi connectivity index (χ4v) is 4.19. The maximum atomic E-state index is 12.1. The Kier molecular flexibility index (Phi) is 8.80. The van der Waals surface area contributed by atoms with E-state index in [-0.39, 0.29) is 18.7 Å². The summed E-state index contributed by atoms with van der Waals surface area (Å²) in [5, 5.41) is 14.4. The summed E-state index contributed by atoms with van der Waals surface area (Å²) in [5.41, 5.74) is 3.11. The first-order chi connectivity index (χ1) is 14.6. The van der Waals surface area contributed by atoms with E-state index in [0.29, 0.717) is 13.0 Å². The van der Waals surface area contributed by atoms with Gasteiger partial charge in [0.2, 0.25) is 5.91 Å². The van der Waals surface area contributed by atoms with E-state index in [4.69, 9.17) is 9.84 Å². The molecular formula is C22H29N3O4S. The number of morpholine rings is 1. The number of aliphatic carboxylic acids is 1. The first-order valence-electron chi connectivity index (χ1n) is 10.4. The van der Waals surface area contributed by atoms with Gasteiger partial charge in [-0.25, -0.2) is 4.98 Å². The molecule has 1 aliphatic heterocycles. The van der Waals surface area contributed by atoms with E-state index in [1.165, 1.54) is 5.56 Å². The number of carbonyl (C=O) groups excluding carboxylic acids is 1. The molecule has 1 fully saturated rings. The molecule has 0 atom stereocenters. The minimum Gasteiger partial charge on any atom is -0.481 e. The number of carbonyl (C=O) groups is 2. The average molecular weight is 432 g/mol. The van der Waals surface area contributed by atoms with Crippen LogP contribution in [0, 0.1) is 0 Å². The summed E-state index contributed by atoms with van der Waals surface area (Å²) < 4.78 is 5.41. The third kappa shape index (κ3) is 7.51. The second kappa shape index (κ2) is 11.8. The van der Waals surface area contributed by atoms with Crippen LogP contribution in [0.2, 0.25) is 0 Å². The molecule has 3 rings (SSSR count). The summed E-state index contributed by atoms with van der Waals surface area (Å²) in [6.07, 6.45) is 2.68. The fraction of sp³-hybridized carbons (Fsp3) is 0.500. The predicted molar refractivity (Wildman–Crippen MR) is 116 cm³/mol. The van der Waals surface area contributed by atoms with Gasteiger partial charge in [-0.1, -0.05) is 24.6 Å². The number of carboxylic acid groups (broad SMARTS) is 1. The Hall–Kier alpha value is -2.29. The molecular weight excluding hydrogens is 402 g/mol. The first kappa shape index (κ1) is 22.4. The summed E-state index contributed by atoms with van der Waals surface area (Å²) in [6, 6.07) is 8.43. The number of aromatic nitrogens is 1. The van der Waals surface area contributed by atoms with Crippen LogP contribution in [0.4, 0.5) is 0 Å². The number of benzene rings is 1. The first-order valence-corrected chi connectivity index (χ1v) is 11.3. The highest BCUT2D eigenvalue weighted by Crippen LogP contribution is 2.25. The van der Waals surface area contributed by atoms with Crippen molar-refractivity contribution in [1.29, 1.82) is 0 Å². The minimum atomic E-state index is -0.773. The number of ether oxygens (including phenoxy) is 1. The van der Waals surface area contributed by atoms with Gasteiger partial charge in [-0.2, -0.15) is 0 Å². The quantitative estimate of drug-likeness (QED) is 0.532. The lowest BCUT2D eigenvalue weighted by atomic mass is 10.1. The molecule has 2 aromatic rings. The summed E-state index contributed by atoms with van der Waals surface area (Å²) >= 11 is 1.56. The third-order valence-electron chi connectivity index (χ3n) is 4.97. The Labute approximate surface area is 181 Å². The monoisotopic (exact) mass is 431 g/mol. The van der Waals surface area contributed by atoms with Gasteiger partial charge in [0, 0.05) is 43.5 Å². The maximum absolute atomic E-state index is 12.1. The van der Waals surface area contributed by atoms with E-state index in [2.05, 4.69) is 39.5 Å². The molecule has 1 aliphatic rings. The standard InChI is InChI=1S/C22H29N3O4S/c26-20(23-8-3-1-2-7-21(27)28)14-19-16-30-22(24-19)18-6-4-5-17(13-18)15-25-9-11-29-12-10-25/h4-6,13,16H,1-3,7-12,14-15H2,(H,23,26)(H,27,28). The number of rotatable bonds is 11. The van der Waals surface area contributed by atoms with E-state index in [1.54, 1.807) is 11.3 Å². The van der Waals surface area contributed by atoms with Crippen molar-refractivity contribution in [3.63, 3.8) is 0 Å². The molecule has 0 spiro atoms. The van der Waals surface area contributed by atoms with Gasteiger partial charge in [0.05, 0.1) is 25.3 Å². The summed E-state index contributed by atoms with van der Waals surface area (Å²) in [7, 11) is 0. The highest BCUT2D eigenvalue weighted by Gasteiger charge is 2.13. The molecule has 1 saturated heterocycles. The molecule has 0 aliphatic carbocycles. The lowest BCUT2D eigenvalue weighted by Gasteiger charge is -2.26. The molecule has 1 aromatic carbocycles. The van der Waals surface area contributed by atoms with Crippen molar-refractivity contribution in [3.8, 4) is 10.6 Å². The van der Waals surface area contributed by atoms with Gasteiger partial charge in [0.1, 0.15) is 5.01 Å². The van der Waals surface area contributed by atoms with E-state index in [0.717, 1.165) is 62.0 Å². The van der Waals surface area contributed by atoms with Crippen molar-refractivity contribution in [3.05, 3.63) is 40.9 Å². The van der Waals surface area contributed by atoms with Crippen molar-refractivity contribution in [2.24, 2.45) is 0 Å². The molecule has 1 aromatic heterocycles. The highest BCUT2D eigenvalue weighted by molar-refractivity contribution is 7.13. The van der Waals surface area contributed by atoms with Gasteiger partial charge in [-0.15, -0.1) is 11.3 Å². The van der Waals surface area contributed by atoms with Crippen molar-refractivity contribution in [2.45, 2.75) is 38.6 Å². The SMILES string of the molecule is O=C(O)CCCCCNC(=O)Cc1csc(-c2cccc(CN3CCOCC3)c2)n1. The molecule has 0 bridgehead atoms. The van der Waals surface area contributed by atoms with Crippen LogP contribution in [0.5, 0.6) is 0 Å². The van der Waals surface area contributed by atoms with Gasteiger partial charge in [-0.05, 0) is 24.5 Å². The van der Waals surface area contributed by atoms with Crippen LogP contribution in [-0.4, -0.2) is 59.7 Å². The number of thiazole rings is 1. The van der Waals surface area contributed by atoms with Gasteiger partial charge in [-0.3, -0.25) is 14.5 Å². The van der Waals surface area contributed by atoms with Crippen molar-refractivity contribution in [1.82, 2.24) is 15.2 Å². The van der Waals surface area contributed by atoms with E-state index < -0.39 is 5.97 Å². The zero-order chi connectivity index (χ0) is 21.2. The molecule has 8 heteroatoms. The van der Waals surface area contributed by atoms with Crippen LogP contribution in [0.25, 0.3) is 10.6 Å². The Morgan fingerprint density at radius 2 is 2.03 bits per heavy atom. The molecule has 1 amide bonds. The number of amides is 1. The number of unbranched alkanes of at least 4 members (excludes halogenated alkanes) is 2. The van der Waals surface area contributed by atoms with Gasteiger partial charge in [0.15, 0.2) is 0 Å². The number of hydrogen-bond donors (Lipinski definition) is 2. The minimum absolute atomic E-state index is 0.0499. The highest BCUT2D eigenvalue weighted by atomic mass is 32.1. The predicted octanol–water partition coefficient (Wildman–Crippen LogP) is 2.95. The average Bonchev–Trinajstić information content (AvgIpc) is 3.20. The summed E-state index contributed by atoms with van der Waals surface area (Å²) in [6.45, 7) is 4.98. The topological polar surface area (TPSA) is 91.8 Å². The summed E-state index contributed by atoms with van der Waals surface area (Å²) in [4.78, 5) is 29.6. The molecule has 0 saturated carbocycles. The van der Waals surface area contributed by atoms with Crippen molar-refractivity contribution < 1.29 is 19.4 Å². The Morgan fingerprint density at radius 3 is 2.83 bits per heavy atom. The van der Waals surface area contributed by atoms with Crippen LogP contribution in [0.1, 0.15) is 36.9 Å². The van der Waals surface area contributed by atoms with Crippen molar-refractivity contribution in [2.75, 3.05) is 32.8 Å². The van der Waals surface area contributed by atoms with E-state index >= 15 is 0 Å². The van der Waals surface area contributed by atoms with Crippen LogP contribution in [0.3, 0.4) is 0 Å². The van der Waals surface area contributed by atoms with Gasteiger partial charge < -0.3 is 15.2 Å². The zero-order valence-corrected chi connectivity index (χ0v) is 18.0. The number of carboxylic acids is 1. The molecule has 30 heavy (non-hydrogen) atoms. The molecule has 2 heterocycles. The van der Waals surface area contributed by atoms with E-state index in [1.807, 2.05) is 5.38 Å². The molecule has 7 nitrogen and oxygen atoms in total. The maximum Gasteiger partial charge on any atom is 0.303 e. The van der Waals surface area contributed by atoms with Crippen LogP contribution in [0.15, 0.2) is 29.6 Å². The molecule has 162 valence electrons. The number of hydrogen-bond acceptors (Lipinski definition) is 6. The lowest BCUT2D eigenvalue weighted by Crippen LogP contribution is -2.35. The smallest absolute Gasteiger partial charge is 0.303 e. The zero-order valence-electron chi connectivity index (χ0n) is 17.1. The number of nitrogens with one attached hydrogen (secondary N) is 1. The fourth-order valence-electron chi connectivity index (χ4n) is 3.37. The van der Waals surface area contributed by atoms with E-state index in [9.17, 15) is 9.59 Å². The van der Waals surface area contributed by atoms with Crippen LogP contribution >= 0.6 is 11.3 Å². The second-order valence-electron chi connectivity index (χ2n) is 7.46. The second-order valence-corrected chi connectivity index (χ2v) is 8.32. The third-order valence-corrected chi connectivity index (χ3v) is 5.91. The Balaban J connectivity index is 1.45. The Morgan fingerprint density at radius 1 is 1.20 bits per heavy atom. The van der Waals surface area contributed by atoms with Gasteiger partial charge in [0.25, 0.3) is 0 Å². The van der Waals surface area contributed by atoms with Crippen LogP contribution in [-0.2, 0) is 27.3 Å². The van der Waals surface area contributed by atoms with Gasteiger partial charge >= 0.3 is 5.97 Å². The van der Waals surface area contributed by atoms with Crippen molar-refractivity contribution >= 4 is 23.2 Å². The molecule has 0 radical (unpaired) electrons. The Bertz CT molecular complexity index is 833. The molecule has 2 N–H and O–H groups in total.